The van der Waals surface area contributed by atoms with Crippen molar-refractivity contribution in [3.05, 3.63) is 0 Å². The molecule has 1 heterocycles. The van der Waals surface area contributed by atoms with Crippen LogP contribution in [0.25, 0.3) is 0 Å². The summed E-state index contributed by atoms with van der Waals surface area (Å²) in [6, 6.07) is 0.0180. The van der Waals surface area contributed by atoms with Gasteiger partial charge >= 0.3 is 6.03 Å². The van der Waals surface area contributed by atoms with Gasteiger partial charge in [-0.2, -0.15) is 0 Å². The fourth-order valence-electron chi connectivity index (χ4n) is 1.60. The third kappa shape index (κ3) is 4.81. The molecule has 0 radical (unpaired) electrons. The Morgan fingerprint density at radius 2 is 2.12 bits per heavy atom. The van der Waals surface area contributed by atoms with Crippen molar-refractivity contribution in [2.75, 3.05) is 53.0 Å². The van der Waals surface area contributed by atoms with Gasteiger partial charge in [0.05, 0.1) is 13.2 Å². The van der Waals surface area contributed by atoms with Crippen molar-refractivity contribution in [3.8, 4) is 0 Å². The van der Waals surface area contributed by atoms with E-state index in [0.29, 0.717) is 0 Å². The largest absolute Gasteiger partial charge is 0.379 e. The molecule has 1 fully saturated rings. The third-order valence-corrected chi connectivity index (χ3v) is 2.85. The van der Waals surface area contributed by atoms with Crippen LogP contribution in [0.15, 0.2) is 0 Å². The first-order valence-electron chi connectivity index (χ1n) is 6.03. The van der Waals surface area contributed by atoms with E-state index < -0.39 is 0 Å². The number of rotatable bonds is 5. The van der Waals surface area contributed by atoms with Gasteiger partial charge in [0.25, 0.3) is 0 Å². The molecule has 1 aliphatic heterocycles. The molecule has 0 saturated carbocycles. The van der Waals surface area contributed by atoms with Crippen LogP contribution in [0.1, 0.15) is 13.3 Å². The van der Waals surface area contributed by atoms with E-state index in [1.54, 1.807) is 11.9 Å². The van der Waals surface area contributed by atoms with Crippen molar-refractivity contribution in [1.82, 2.24) is 15.1 Å². The smallest absolute Gasteiger partial charge is 0.317 e. The predicted octanol–water partition coefficient (Wildman–Crippen LogP) is 0.370. The standard InChI is InChI=1S/C11H23N3O2/c1-3-13(2)11(15)12-5-4-6-14-7-9-16-10-8-14/h3-10H2,1-2H3,(H,12,15). The van der Waals surface area contributed by atoms with Crippen LogP contribution in [0.2, 0.25) is 0 Å². The number of morpholine rings is 1. The van der Waals surface area contributed by atoms with E-state index in [9.17, 15) is 4.79 Å². The molecule has 1 saturated heterocycles. The molecule has 1 aliphatic rings. The Bertz CT molecular complexity index is 205. The quantitative estimate of drug-likeness (QED) is 0.693. The highest BCUT2D eigenvalue weighted by Crippen LogP contribution is 1.97. The number of carbonyl (C=O) groups excluding carboxylic acids is 1. The summed E-state index contributed by atoms with van der Waals surface area (Å²) in [6.07, 6.45) is 1.00. The van der Waals surface area contributed by atoms with E-state index in [2.05, 4.69) is 10.2 Å². The zero-order valence-electron chi connectivity index (χ0n) is 10.4. The van der Waals surface area contributed by atoms with E-state index in [4.69, 9.17) is 4.74 Å². The van der Waals surface area contributed by atoms with Gasteiger partial charge in [0.15, 0.2) is 0 Å². The zero-order valence-corrected chi connectivity index (χ0v) is 10.4. The topological polar surface area (TPSA) is 44.8 Å². The van der Waals surface area contributed by atoms with Crippen LogP contribution in [0.5, 0.6) is 0 Å². The second-order valence-electron chi connectivity index (χ2n) is 4.05. The molecular weight excluding hydrogens is 206 g/mol. The SMILES string of the molecule is CCN(C)C(=O)NCCCN1CCOCC1. The zero-order chi connectivity index (χ0) is 11.8. The lowest BCUT2D eigenvalue weighted by atomic mass is 10.3. The fraction of sp³-hybridized carbons (Fsp3) is 0.909. The molecular formula is C11H23N3O2. The number of hydrogen-bond donors (Lipinski definition) is 1. The van der Waals surface area contributed by atoms with Gasteiger partial charge in [0.2, 0.25) is 0 Å². The van der Waals surface area contributed by atoms with Crippen molar-refractivity contribution in [2.45, 2.75) is 13.3 Å². The van der Waals surface area contributed by atoms with Crippen LogP contribution < -0.4 is 5.32 Å². The minimum atomic E-state index is 0.0180. The molecule has 0 aromatic carbocycles. The summed E-state index contributed by atoms with van der Waals surface area (Å²) in [6.45, 7) is 8.21. The van der Waals surface area contributed by atoms with Crippen LogP contribution in [0.4, 0.5) is 4.79 Å². The highest BCUT2D eigenvalue weighted by Gasteiger charge is 2.10. The number of nitrogens with one attached hydrogen (secondary N) is 1. The van der Waals surface area contributed by atoms with Crippen LogP contribution in [0, 0.1) is 0 Å². The minimum Gasteiger partial charge on any atom is -0.379 e. The van der Waals surface area contributed by atoms with Crippen molar-refractivity contribution in [1.29, 1.82) is 0 Å². The molecule has 2 amide bonds. The Hall–Kier alpha value is -0.810. The van der Waals surface area contributed by atoms with Gasteiger partial charge in [-0.15, -0.1) is 0 Å². The van der Waals surface area contributed by atoms with Gasteiger partial charge in [-0.25, -0.2) is 4.79 Å². The molecule has 0 aromatic heterocycles. The fourth-order valence-corrected chi connectivity index (χ4v) is 1.60. The second-order valence-corrected chi connectivity index (χ2v) is 4.05. The summed E-state index contributed by atoms with van der Waals surface area (Å²) < 4.78 is 5.27. The van der Waals surface area contributed by atoms with E-state index >= 15 is 0 Å². The molecule has 0 bridgehead atoms. The van der Waals surface area contributed by atoms with Gasteiger partial charge < -0.3 is 15.0 Å². The number of nitrogens with zero attached hydrogens (tertiary/aromatic N) is 2. The first-order chi connectivity index (χ1) is 7.74. The molecule has 0 spiro atoms. The van der Waals surface area contributed by atoms with Crippen LogP contribution in [0.3, 0.4) is 0 Å². The van der Waals surface area contributed by atoms with Crippen LogP contribution >= 0.6 is 0 Å². The van der Waals surface area contributed by atoms with Crippen molar-refractivity contribution >= 4 is 6.03 Å². The number of ether oxygens (including phenoxy) is 1. The number of carbonyl (C=O) groups is 1. The number of amides is 2. The van der Waals surface area contributed by atoms with Gasteiger partial charge in [-0.1, -0.05) is 0 Å². The van der Waals surface area contributed by atoms with Crippen LogP contribution in [-0.4, -0.2) is 68.8 Å². The lowest BCUT2D eigenvalue weighted by Gasteiger charge is -2.26. The Kier molecular flexibility index (Phi) is 6.18. The summed E-state index contributed by atoms with van der Waals surface area (Å²) >= 11 is 0. The molecule has 1 rings (SSSR count). The molecule has 16 heavy (non-hydrogen) atoms. The molecule has 1 N–H and O–H groups in total. The normalized spacial score (nSPS) is 17.1. The molecule has 0 aromatic rings. The number of urea groups is 1. The van der Waals surface area contributed by atoms with Gasteiger partial charge in [-0.05, 0) is 19.9 Å². The highest BCUT2D eigenvalue weighted by molar-refractivity contribution is 5.73. The Morgan fingerprint density at radius 1 is 1.44 bits per heavy atom. The summed E-state index contributed by atoms with van der Waals surface area (Å²) in [7, 11) is 1.80. The highest BCUT2D eigenvalue weighted by atomic mass is 16.5. The van der Waals surface area contributed by atoms with Gasteiger partial charge in [0, 0.05) is 33.2 Å². The summed E-state index contributed by atoms with van der Waals surface area (Å²) in [4.78, 5) is 15.5. The van der Waals surface area contributed by atoms with Crippen LogP contribution in [-0.2, 0) is 4.74 Å². The monoisotopic (exact) mass is 229 g/mol. The van der Waals surface area contributed by atoms with E-state index in [1.165, 1.54) is 0 Å². The molecule has 0 aliphatic carbocycles. The van der Waals surface area contributed by atoms with E-state index in [1.807, 2.05) is 6.92 Å². The van der Waals surface area contributed by atoms with Crippen molar-refractivity contribution in [2.24, 2.45) is 0 Å². The lowest BCUT2D eigenvalue weighted by molar-refractivity contribution is 0.0375. The van der Waals surface area contributed by atoms with Crippen molar-refractivity contribution < 1.29 is 9.53 Å². The average Bonchev–Trinajstić information content (AvgIpc) is 2.34. The Balaban J connectivity index is 2.00. The summed E-state index contributed by atoms with van der Waals surface area (Å²) in [5.41, 5.74) is 0. The molecule has 0 atom stereocenters. The lowest BCUT2D eigenvalue weighted by Crippen LogP contribution is -2.40. The second kappa shape index (κ2) is 7.46. The molecule has 5 heteroatoms. The Labute approximate surface area is 97.7 Å². The Morgan fingerprint density at radius 3 is 2.75 bits per heavy atom. The third-order valence-electron chi connectivity index (χ3n) is 2.85. The molecule has 0 unspecified atom stereocenters. The van der Waals surface area contributed by atoms with E-state index in [-0.39, 0.29) is 6.03 Å². The maximum atomic E-state index is 11.4. The minimum absolute atomic E-state index is 0.0180. The maximum Gasteiger partial charge on any atom is 0.317 e. The van der Waals surface area contributed by atoms with E-state index in [0.717, 1.165) is 52.4 Å². The molecule has 5 nitrogen and oxygen atoms in total. The first kappa shape index (κ1) is 13.3. The average molecular weight is 229 g/mol. The number of hydrogen-bond acceptors (Lipinski definition) is 3. The summed E-state index contributed by atoms with van der Waals surface area (Å²) in [5, 5.41) is 2.90. The maximum absolute atomic E-state index is 11.4. The molecule has 94 valence electrons. The first-order valence-corrected chi connectivity index (χ1v) is 6.03. The van der Waals surface area contributed by atoms with Crippen molar-refractivity contribution in [3.63, 3.8) is 0 Å². The van der Waals surface area contributed by atoms with Gasteiger partial charge in [0.1, 0.15) is 0 Å². The summed E-state index contributed by atoms with van der Waals surface area (Å²) in [5.74, 6) is 0. The van der Waals surface area contributed by atoms with Gasteiger partial charge in [-0.3, -0.25) is 4.90 Å². The predicted molar refractivity (Wildman–Crippen MR) is 63.6 cm³/mol.